The maximum Gasteiger partial charge on any atom is 0.323 e. The molecule has 0 radical (unpaired) electrons. The van der Waals surface area contributed by atoms with Crippen LogP contribution in [0.4, 0.5) is 0 Å². The maximum atomic E-state index is 11.1. The highest BCUT2D eigenvalue weighted by Crippen LogP contribution is 2.23. The molecular formula is C11H14N2O2. The van der Waals surface area contributed by atoms with E-state index in [9.17, 15) is 9.90 Å². The zero-order valence-electron chi connectivity index (χ0n) is 8.79. The van der Waals surface area contributed by atoms with Gasteiger partial charge in [0.05, 0.1) is 17.1 Å². The van der Waals surface area contributed by atoms with E-state index in [4.69, 9.17) is 0 Å². The standard InChI is InChI=1S/C11H14N2O2/c1-3-10(14)7-5-9-8(4-6(7)2)12-11(15)13-9/h4-5,10,14H,3H2,1-2H3,(H2,12,13,15). The summed E-state index contributed by atoms with van der Waals surface area (Å²) in [6.45, 7) is 3.85. The first-order valence-corrected chi connectivity index (χ1v) is 5.02. The van der Waals surface area contributed by atoms with E-state index in [1.54, 1.807) is 0 Å². The topological polar surface area (TPSA) is 68.9 Å². The number of imidazole rings is 1. The molecule has 0 spiro atoms. The van der Waals surface area contributed by atoms with Gasteiger partial charge in [0.25, 0.3) is 0 Å². The quantitative estimate of drug-likeness (QED) is 0.698. The molecule has 4 nitrogen and oxygen atoms in total. The molecule has 4 heteroatoms. The second kappa shape index (κ2) is 3.55. The first-order chi connectivity index (χ1) is 7.11. The Morgan fingerprint density at radius 2 is 1.93 bits per heavy atom. The lowest BCUT2D eigenvalue weighted by molar-refractivity contribution is 0.173. The van der Waals surface area contributed by atoms with Gasteiger partial charge in [0, 0.05) is 0 Å². The second-order valence-electron chi connectivity index (χ2n) is 3.76. The van der Waals surface area contributed by atoms with Gasteiger partial charge in [0.15, 0.2) is 0 Å². The Balaban J connectivity index is 2.66. The van der Waals surface area contributed by atoms with Crippen molar-refractivity contribution in [3.8, 4) is 0 Å². The average molecular weight is 206 g/mol. The molecule has 1 heterocycles. The van der Waals surface area contributed by atoms with Gasteiger partial charge in [-0.3, -0.25) is 0 Å². The number of rotatable bonds is 2. The van der Waals surface area contributed by atoms with Crippen molar-refractivity contribution in [2.75, 3.05) is 0 Å². The molecule has 2 rings (SSSR count). The number of aliphatic hydroxyl groups is 1. The summed E-state index contributed by atoms with van der Waals surface area (Å²) in [4.78, 5) is 16.5. The number of benzene rings is 1. The van der Waals surface area contributed by atoms with Crippen LogP contribution in [0, 0.1) is 6.92 Å². The third kappa shape index (κ3) is 1.68. The summed E-state index contributed by atoms with van der Waals surface area (Å²) in [5.41, 5.74) is 3.18. The van der Waals surface area contributed by atoms with E-state index in [1.807, 2.05) is 26.0 Å². The fourth-order valence-corrected chi connectivity index (χ4v) is 1.79. The van der Waals surface area contributed by atoms with Gasteiger partial charge in [-0.05, 0) is 36.6 Å². The van der Waals surface area contributed by atoms with E-state index in [0.29, 0.717) is 6.42 Å². The summed E-state index contributed by atoms with van der Waals surface area (Å²) < 4.78 is 0. The van der Waals surface area contributed by atoms with E-state index >= 15 is 0 Å². The number of nitrogens with one attached hydrogen (secondary N) is 2. The zero-order valence-corrected chi connectivity index (χ0v) is 8.79. The number of hydrogen-bond donors (Lipinski definition) is 3. The smallest absolute Gasteiger partial charge is 0.323 e. The molecule has 0 saturated heterocycles. The minimum atomic E-state index is -0.465. The Kier molecular flexibility index (Phi) is 2.36. The number of aromatic amines is 2. The van der Waals surface area contributed by atoms with Crippen molar-refractivity contribution in [2.24, 2.45) is 0 Å². The highest BCUT2D eigenvalue weighted by molar-refractivity contribution is 5.76. The highest BCUT2D eigenvalue weighted by atomic mass is 16.3. The monoisotopic (exact) mass is 206 g/mol. The molecule has 0 aliphatic rings. The van der Waals surface area contributed by atoms with Gasteiger partial charge in [0.2, 0.25) is 0 Å². The Morgan fingerprint density at radius 3 is 2.53 bits per heavy atom. The maximum absolute atomic E-state index is 11.1. The molecule has 1 unspecified atom stereocenters. The lowest BCUT2D eigenvalue weighted by Crippen LogP contribution is -1.99. The van der Waals surface area contributed by atoms with Crippen molar-refractivity contribution < 1.29 is 5.11 Å². The number of fused-ring (bicyclic) bond motifs is 1. The van der Waals surface area contributed by atoms with Gasteiger partial charge < -0.3 is 15.1 Å². The molecule has 15 heavy (non-hydrogen) atoms. The lowest BCUT2D eigenvalue weighted by atomic mass is 10.0. The normalized spacial score (nSPS) is 13.3. The van der Waals surface area contributed by atoms with Crippen LogP contribution in [0.15, 0.2) is 16.9 Å². The van der Waals surface area contributed by atoms with Crippen LogP contribution in [-0.2, 0) is 0 Å². The van der Waals surface area contributed by atoms with E-state index in [2.05, 4.69) is 9.97 Å². The Bertz CT molecular complexity index is 539. The van der Waals surface area contributed by atoms with Crippen LogP contribution in [-0.4, -0.2) is 15.1 Å². The van der Waals surface area contributed by atoms with Crippen LogP contribution in [0.2, 0.25) is 0 Å². The molecule has 0 amide bonds. The van der Waals surface area contributed by atoms with Crippen LogP contribution in [0.1, 0.15) is 30.6 Å². The van der Waals surface area contributed by atoms with E-state index in [-0.39, 0.29) is 5.69 Å². The van der Waals surface area contributed by atoms with Crippen LogP contribution in [0.3, 0.4) is 0 Å². The van der Waals surface area contributed by atoms with Crippen molar-refractivity contribution in [3.05, 3.63) is 33.7 Å². The molecule has 2 aromatic rings. The number of aromatic nitrogens is 2. The summed E-state index contributed by atoms with van der Waals surface area (Å²) >= 11 is 0. The predicted octanol–water partition coefficient (Wildman–Crippen LogP) is 1.61. The third-order valence-electron chi connectivity index (χ3n) is 2.65. The minimum Gasteiger partial charge on any atom is -0.388 e. The summed E-state index contributed by atoms with van der Waals surface area (Å²) in [6, 6.07) is 3.71. The number of hydrogen-bond acceptors (Lipinski definition) is 2. The fraction of sp³-hybridized carbons (Fsp3) is 0.364. The molecule has 1 atom stereocenters. The summed E-state index contributed by atoms with van der Waals surface area (Å²) in [6.07, 6.45) is 0.203. The van der Waals surface area contributed by atoms with Crippen LogP contribution >= 0.6 is 0 Å². The first kappa shape index (κ1) is 9.98. The fourth-order valence-electron chi connectivity index (χ4n) is 1.79. The zero-order chi connectivity index (χ0) is 11.0. The van der Waals surface area contributed by atoms with Crippen molar-refractivity contribution in [1.29, 1.82) is 0 Å². The Labute approximate surface area is 87.0 Å². The molecule has 0 fully saturated rings. The van der Waals surface area contributed by atoms with E-state index < -0.39 is 6.10 Å². The number of aliphatic hydroxyl groups excluding tert-OH is 1. The van der Waals surface area contributed by atoms with E-state index in [0.717, 1.165) is 22.2 Å². The van der Waals surface area contributed by atoms with Gasteiger partial charge in [-0.15, -0.1) is 0 Å². The summed E-state index contributed by atoms with van der Waals surface area (Å²) in [5.74, 6) is 0. The SMILES string of the molecule is CCC(O)c1cc2[nH]c(=O)[nH]c2cc1C. The van der Waals surface area contributed by atoms with Gasteiger partial charge in [-0.2, -0.15) is 0 Å². The minimum absolute atomic E-state index is 0.215. The van der Waals surface area contributed by atoms with Crippen molar-refractivity contribution in [2.45, 2.75) is 26.4 Å². The van der Waals surface area contributed by atoms with Gasteiger partial charge in [-0.1, -0.05) is 6.92 Å². The van der Waals surface area contributed by atoms with Crippen LogP contribution in [0.25, 0.3) is 11.0 Å². The molecule has 0 saturated carbocycles. The molecule has 1 aromatic heterocycles. The van der Waals surface area contributed by atoms with Crippen LogP contribution in [0.5, 0.6) is 0 Å². The van der Waals surface area contributed by atoms with Gasteiger partial charge in [-0.25, -0.2) is 4.79 Å². The Hall–Kier alpha value is -1.55. The molecule has 3 N–H and O–H groups in total. The molecule has 0 aliphatic heterocycles. The Morgan fingerprint density at radius 1 is 1.33 bits per heavy atom. The second-order valence-corrected chi connectivity index (χ2v) is 3.76. The number of H-pyrrole nitrogens is 2. The molecule has 80 valence electrons. The predicted molar refractivity (Wildman–Crippen MR) is 58.9 cm³/mol. The highest BCUT2D eigenvalue weighted by Gasteiger charge is 2.10. The van der Waals surface area contributed by atoms with E-state index in [1.165, 1.54) is 0 Å². The average Bonchev–Trinajstić information content (AvgIpc) is 2.55. The lowest BCUT2D eigenvalue weighted by Gasteiger charge is -2.11. The molecule has 0 bridgehead atoms. The van der Waals surface area contributed by atoms with Crippen molar-refractivity contribution in [3.63, 3.8) is 0 Å². The van der Waals surface area contributed by atoms with Gasteiger partial charge >= 0.3 is 5.69 Å². The molecule has 1 aromatic carbocycles. The summed E-state index contributed by atoms with van der Waals surface area (Å²) in [7, 11) is 0. The van der Waals surface area contributed by atoms with Crippen molar-refractivity contribution in [1.82, 2.24) is 9.97 Å². The van der Waals surface area contributed by atoms with Crippen LogP contribution < -0.4 is 5.69 Å². The third-order valence-corrected chi connectivity index (χ3v) is 2.65. The first-order valence-electron chi connectivity index (χ1n) is 5.02. The number of aryl methyl sites for hydroxylation is 1. The van der Waals surface area contributed by atoms with Gasteiger partial charge in [0.1, 0.15) is 0 Å². The van der Waals surface area contributed by atoms with Crippen molar-refractivity contribution >= 4 is 11.0 Å². The molecular weight excluding hydrogens is 192 g/mol. The summed E-state index contributed by atoms with van der Waals surface area (Å²) in [5, 5.41) is 9.77. The largest absolute Gasteiger partial charge is 0.388 e. The molecule has 0 aliphatic carbocycles.